The SMILES string of the molecule is CC(C)(C)OC(=O)N1CCC(n2nccc2Br)CC1. The number of hydrogen-bond donors (Lipinski definition) is 0. The third-order valence-corrected chi connectivity index (χ3v) is 3.71. The molecule has 1 fully saturated rings. The van der Waals surface area contributed by atoms with Crippen molar-refractivity contribution in [1.29, 1.82) is 0 Å². The summed E-state index contributed by atoms with van der Waals surface area (Å²) >= 11 is 3.48. The Morgan fingerprint density at radius 3 is 2.53 bits per heavy atom. The minimum absolute atomic E-state index is 0.217. The second kappa shape index (κ2) is 5.53. The van der Waals surface area contributed by atoms with Crippen LogP contribution in [0, 0.1) is 0 Å². The van der Waals surface area contributed by atoms with Gasteiger partial charge in [-0.05, 0) is 55.6 Å². The summed E-state index contributed by atoms with van der Waals surface area (Å²) in [6.45, 7) is 7.09. The summed E-state index contributed by atoms with van der Waals surface area (Å²) in [5.41, 5.74) is -0.432. The average Bonchev–Trinajstić information content (AvgIpc) is 2.73. The maximum Gasteiger partial charge on any atom is 0.410 e. The van der Waals surface area contributed by atoms with E-state index in [0.29, 0.717) is 19.1 Å². The minimum Gasteiger partial charge on any atom is -0.444 e. The van der Waals surface area contributed by atoms with E-state index in [-0.39, 0.29) is 6.09 Å². The molecule has 0 atom stereocenters. The lowest BCUT2D eigenvalue weighted by Crippen LogP contribution is -2.42. The minimum atomic E-state index is -0.432. The number of rotatable bonds is 1. The van der Waals surface area contributed by atoms with E-state index in [2.05, 4.69) is 21.0 Å². The smallest absolute Gasteiger partial charge is 0.410 e. The molecule has 106 valence electrons. The number of halogens is 1. The van der Waals surface area contributed by atoms with Crippen molar-refractivity contribution < 1.29 is 9.53 Å². The van der Waals surface area contributed by atoms with Crippen molar-refractivity contribution in [2.24, 2.45) is 0 Å². The van der Waals surface area contributed by atoms with Crippen LogP contribution in [-0.4, -0.2) is 39.5 Å². The first-order chi connectivity index (χ1) is 8.87. The van der Waals surface area contributed by atoms with Crippen molar-refractivity contribution >= 4 is 22.0 Å². The van der Waals surface area contributed by atoms with Crippen LogP contribution in [0.4, 0.5) is 4.79 Å². The Hall–Kier alpha value is -1.04. The summed E-state index contributed by atoms with van der Waals surface area (Å²) in [5.74, 6) is 0. The lowest BCUT2D eigenvalue weighted by molar-refractivity contribution is 0.0184. The van der Waals surface area contributed by atoms with E-state index >= 15 is 0 Å². The summed E-state index contributed by atoms with van der Waals surface area (Å²) in [4.78, 5) is 13.7. The van der Waals surface area contributed by atoms with Gasteiger partial charge in [0.15, 0.2) is 0 Å². The van der Waals surface area contributed by atoms with Crippen LogP contribution >= 0.6 is 15.9 Å². The van der Waals surface area contributed by atoms with Crippen LogP contribution in [0.5, 0.6) is 0 Å². The largest absolute Gasteiger partial charge is 0.444 e. The highest BCUT2D eigenvalue weighted by Gasteiger charge is 2.28. The molecule has 0 N–H and O–H groups in total. The molecule has 1 aromatic rings. The Bertz CT molecular complexity index is 445. The quantitative estimate of drug-likeness (QED) is 0.794. The van der Waals surface area contributed by atoms with Crippen molar-refractivity contribution in [1.82, 2.24) is 14.7 Å². The van der Waals surface area contributed by atoms with Crippen molar-refractivity contribution in [3.8, 4) is 0 Å². The van der Waals surface area contributed by atoms with Crippen molar-refractivity contribution in [2.75, 3.05) is 13.1 Å². The molecule has 19 heavy (non-hydrogen) atoms. The van der Waals surface area contributed by atoms with Gasteiger partial charge in [-0.1, -0.05) is 0 Å². The summed E-state index contributed by atoms with van der Waals surface area (Å²) in [6, 6.07) is 2.28. The van der Waals surface area contributed by atoms with Crippen LogP contribution in [-0.2, 0) is 4.74 Å². The lowest BCUT2D eigenvalue weighted by atomic mass is 10.1. The number of aromatic nitrogens is 2. The summed E-state index contributed by atoms with van der Waals surface area (Å²) in [5, 5.41) is 4.30. The second-order valence-electron chi connectivity index (χ2n) is 5.80. The molecule has 0 aliphatic carbocycles. The van der Waals surface area contributed by atoms with Gasteiger partial charge in [0.2, 0.25) is 0 Å². The maximum atomic E-state index is 11.9. The van der Waals surface area contributed by atoms with Crippen molar-refractivity contribution in [2.45, 2.75) is 45.3 Å². The molecule has 1 aliphatic rings. The van der Waals surface area contributed by atoms with Gasteiger partial charge in [-0.3, -0.25) is 4.68 Å². The predicted octanol–water partition coefficient (Wildman–Crippen LogP) is 3.22. The number of likely N-dealkylation sites (tertiary alicyclic amines) is 1. The van der Waals surface area contributed by atoms with E-state index in [1.165, 1.54) is 0 Å². The standard InChI is InChI=1S/C13H20BrN3O2/c1-13(2,3)19-12(18)16-8-5-10(6-9-16)17-11(14)4-7-15-17/h4,7,10H,5-6,8-9H2,1-3H3. The second-order valence-corrected chi connectivity index (χ2v) is 6.61. The molecule has 0 radical (unpaired) electrons. The van der Waals surface area contributed by atoms with E-state index in [1.807, 2.05) is 31.5 Å². The number of carbonyl (C=O) groups is 1. The van der Waals surface area contributed by atoms with E-state index in [1.54, 1.807) is 11.1 Å². The number of carbonyl (C=O) groups excluding carboxylic acids is 1. The van der Waals surface area contributed by atoms with Crippen LogP contribution in [0.15, 0.2) is 16.9 Å². The van der Waals surface area contributed by atoms with Crippen LogP contribution in [0.2, 0.25) is 0 Å². The van der Waals surface area contributed by atoms with Gasteiger partial charge in [0, 0.05) is 13.1 Å². The van der Waals surface area contributed by atoms with Gasteiger partial charge >= 0.3 is 6.09 Å². The highest BCUT2D eigenvalue weighted by molar-refractivity contribution is 9.10. The average molecular weight is 330 g/mol. The molecular weight excluding hydrogens is 310 g/mol. The third kappa shape index (κ3) is 3.72. The summed E-state index contributed by atoms with van der Waals surface area (Å²) in [7, 11) is 0. The molecule has 0 bridgehead atoms. The van der Waals surface area contributed by atoms with Crippen LogP contribution < -0.4 is 0 Å². The van der Waals surface area contributed by atoms with Crippen molar-refractivity contribution in [3.63, 3.8) is 0 Å². The van der Waals surface area contributed by atoms with Gasteiger partial charge < -0.3 is 9.64 Å². The lowest BCUT2D eigenvalue weighted by Gasteiger charge is -2.33. The predicted molar refractivity (Wildman–Crippen MR) is 76.0 cm³/mol. The fourth-order valence-electron chi connectivity index (χ4n) is 2.19. The first-order valence-corrected chi connectivity index (χ1v) is 7.33. The molecule has 5 nitrogen and oxygen atoms in total. The molecule has 2 rings (SSSR count). The number of ether oxygens (including phenoxy) is 1. The first-order valence-electron chi connectivity index (χ1n) is 6.54. The Balaban J connectivity index is 1.89. The van der Waals surface area contributed by atoms with Gasteiger partial charge in [-0.2, -0.15) is 5.10 Å². The molecule has 0 saturated carbocycles. The van der Waals surface area contributed by atoms with Gasteiger partial charge in [0.05, 0.1) is 12.2 Å². The molecule has 2 heterocycles. The number of amides is 1. The molecule has 0 aromatic carbocycles. The molecule has 0 spiro atoms. The molecule has 1 aromatic heterocycles. The maximum absolute atomic E-state index is 11.9. The fourth-order valence-corrected chi connectivity index (χ4v) is 2.69. The van der Waals surface area contributed by atoms with E-state index < -0.39 is 5.60 Å². The fraction of sp³-hybridized carbons (Fsp3) is 0.692. The zero-order valence-corrected chi connectivity index (χ0v) is 13.2. The van der Waals surface area contributed by atoms with Gasteiger partial charge in [0.1, 0.15) is 10.2 Å². The summed E-state index contributed by atoms with van der Waals surface area (Å²) < 4.78 is 8.35. The number of piperidine rings is 1. The molecule has 0 unspecified atom stereocenters. The van der Waals surface area contributed by atoms with Crippen LogP contribution in [0.25, 0.3) is 0 Å². The van der Waals surface area contributed by atoms with Crippen molar-refractivity contribution in [3.05, 3.63) is 16.9 Å². The molecule has 1 amide bonds. The van der Waals surface area contributed by atoms with E-state index in [9.17, 15) is 4.79 Å². The Kier molecular flexibility index (Phi) is 4.18. The van der Waals surface area contributed by atoms with Gasteiger partial charge in [-0.25, -0.2) is 4.79 Å². The number of nitrogens with zero attached hydrogens (tertiary/aromatic N) is 3. The van der Waals surface area contributed by atoms with E-state index in [0.717, 1.165) is 17.4 Å². The van der Waals surface area contributed by atoms with Gasteiger partial charge in [-0.15, -0.1) is 0 Å². The zero-order valence-electron chi connectivity index (χ0n) is 11.6. The molecule has 1 aliphatic heterocycles. The number of hydrogen-bond acceptors (Lipinski definition) is 3. The Morgan fingerprint density at radius 1 is 1.42 bits per heavy atom. The third-order valence-electron chi connectivity index (χ3n) is 3.08. The first kappa shape index (κ1) is 14.4. The van der Waals surface area contributed by atoms with Crippen LogP contribution in [0.3, 0.4) is 0 Å². The highest BCUT2D eigenvalue weighted by Crippen LogP contribution is 2.26. The Labute approximate surface area is 122 Å². The van der Waals surface area contributed by atoms with Crippen LogP contribution in [0.1, 0.15) is 39.7 Å². The highest BCUT2D eigenvalue weighted by atomic mass is 79.9. The zero-order chi connectivity index (χ0) is 14.0. The van der Waals surface area contributed by atoms with Gasteiger partial charge in [0.25, 0.3) is 0 Å². The monoisotopic (exact) mass is 329 g/mol. The molecule has 1 saturated heterocycles. The summed E-state index contributed by atoms with van der Waals surface area (Å²) in [6.07, 6.45) is 3.37. The van der Waals surface area contributed by atoms with E-state index in [4.69, 9.17) is 4.74 Å². The molecular formula is C13H20BrN3O2. The normalized spacial score (nSPS) is 17.6. The molecule has 6 heteroatoms. The Morgan fingerprint density at radius 2 is 2.05 bits per heavy atom. The topological polar surface area (TPSA) is 47.4 Å².